The van der Waals surface area contributed by atoms with Crippen LogP contribution in [0.4, 0.5) is 4.39 Å². The lowest BCUT2D eigenvalue weighted by Crippen LogP contribution is -2.42. The molecule has 1 aromatic carbocycles. The highest BCUT2D eigenvalue weighted by molar-refractivity contribution is 7.10. The van der Waals surface area contributed by atoms with Crippen LogP contribution in [0, 0.1) is 12.7 Å². The number of furan rings is 1. The van der Waals surface area contributed by atoms with Gasteiger partial charge in [-0.1, -0.05) is 19.1 Å². The molecule has 158 valence electrons. The molecule has 3 aromatic rings. The maximum atomic E-state index is 13.3. The van der Waals surface area contributed by atoms with Crippen molar-refractivity contribution in [2.75, 3.05) is 13.1 Å². The number of carbonyl (C=O) groups is 2. The van der Waals surface area contributed by atoms with E-state index in [-0.39, 0.29) is 29.9 Å². The Balaban J connectivity index is 1.79. The number of halogens is 1. The van der Waals surface area contributed by atoms with Gasteiger partial charge >= 0.3 is 0 Å². The predicted molar refractivity (Wildman–Crippen MR) is 115 cm³/mol. The van der Waals surface area contributed by atoms with Crippen molar-refractivity contribution in [3.63, 3.8) is 0 Å². The molecule has 0 radical (unpaired) electrons. The first-order valence-corrected chi connectivity index (χ1v) is 10.7. The molecule has 0 spiro atoms. The summed E-state index contributed by atoms with van der Waals surface area (Å²) in [5.41, 5.74) is 1.95. The van der Waals surface area contributed by atoms with Gasteiger partial charge in [-0.25, -0.2) is 4.39 Å². The van der Waals surface area contributed by atoms with E-state index in [9.17, 15) is 14.0 Å². The Hall–Kier alpha value is -2.93. The van der Waals surface area contributed by atoms with E-state index in [0.29, 0.717) is 19.6 Å². The lowest BCUT2D eigenvalue weighted by Gasteiger charge is -2.27. The van der Waals surface area contributed by atoms with Crippen LogP contribution >= 0.6 is 11.3 Å². The zero-order valence-electron chi connectivity index (χ0n) is 17.1. The molecular formula is C23H25FN2O3S. The van der Waals surface area contributed by atoms with E-state index >= 15 is 0 Å². The molecule has 3 rings (SSSR count). The summed E-state index contributed by atoms with van der Waals surface area (Å²) in [6.07, 6.45) is 2.17. The summed E-state index contributed by atoms with van der Waals surface area (Å²) in [4.78, 5) is 30.3. The van der Waals surface area contributed by atoms with Gasteiger partial charge in [0, 0.05) is 18.0 Å². The van der Waals surface area contributed by atoms with Crippen LogP contribution in [-0.4, -0.2) is 34.7 Å². The third kappa shape index (κ3) is 5.57. The average Bonchev–Trinajstić information content (AvgIpc) is 3.40. The number of amides is 2. The van der Waals surface area contributed by atoms with E-state index in [1.54, 1.807) is 40.5 Å². The van der Waals surface area contributed by atoms with E-state index in [0.717, 1.165) is 22.4 Å². The van der Waals surface area contributed by atoms with Crippen LogP contribution < -0.4 is 0 Å². The quantitative estimate of drug-likeness (QED) is 0.489. The Morgan fingerprint density at radius 2 is 1.83 bits per heavy atom. The second-order valence-electron chi connectivity index (χ2n) is 7.11. The zero-order valence-corrected chi connectivity index (χ0v) is 18.0. The van der Waals surface area contributed by atoms with Crippen molar-refractivity contribution in [1.29, 1.82) is 0 Å². The molecule has 0 saturated heterocycles. The lowest BCUT2D eigenvalue weighted by molar-refractivity contribution is -0.133. The van der Waals surface area contributed by atoms with E-state index in [2.05, 4.69) is 0 Å². The van der Waals surface area contributed by atoms with Crippen LogP contribution in [0.5, 0.6) is 0 Å². The van der Waals surface area contributed by atoms with Crippen molar-refractivity contribution in [3.8, 4) is 0 Å². The van der Waals surface area contributed by atoms with Crippen LogP contribution in [0.1, 0.15) is 39.9 Å². The lowest BCUT2D eigenvalue weighted by atomic mass is 10.2. The third-order valence-corrected chi connectivity index (χ3v) is 5.79. The number of thiophene rings is 1. The van der Waals surface area contributed by atoms with Gasteiger partial charge in [0.25, 0.3) is 5.91 Å². The Kier molecular flexibility index (Phi) is 7.41. The van der Waals surface area contributed by atoms with Gasteiger partial charge in [-0.15, -0.1) is 11.3 Å². The van der Waals surface area contributed by atoms with Crippen molar-refractivity contribution >= 4 is 23.2 Å². The largest absolute Gasteiger partial charge is 0.459 e. The molecule has 0 aliphatic carbocycles. The molecule has 0 N–H and O–H groups in total. The zero-order chi connectivity index (χ0) is 21.5. The molecule has 0 aliphatic rings. The van der Waals surface area contributed by atoms with Gasteiger partial charge in [0.05, 0.1) is 12.8 Å². The van der Waals surface area contributed by atoms with Crippen LogP contribution in [0.15, 0.2) is 58.5 Å². The molecule has 0 saturated carbocycles. The molecule has 0 bridgehead atoms. The molecule has 2 heterocycles. The Labute approximate surface area is 179 Å². The second-order valence-corrected chi connectivity index (χ2v) is 8.11. The maximum Gasteiger partial charge on any atom is 0.290 e. The fourth-order valence-electron chi connectivity index (χ4n) is 3.12. The monoisotopic (exact) mass is 428 g/mol. The van der Waals surface area contributed by atoms with Gasteiger partial charge in [0.1, 0.15) is 12.4 Å². The Morgan fingerprint density at radius 3 is 2.43 bits per heavy atom. The highest BCUT2D eigenvalue weighted by Gasteiger charge is 2.24. The molecule has 0 aliphatic heterocycles. The topological polar surface area (TPSA) is 53.8 Å². The number of rotatable bonds is 9. The summed E-state index contributed by atoms with van der Waals surface area (Å²) in [5.74, 6) is -0.566. The van der Waals surface area contributed by atoms with E-state index < -0.39 is 0 Å². The Bertz CT molecular complexity index is 967. The van der Waals surface area contributed by atoms with Crippen LogP contribution in [0.3, 0.4) is 0 Å². The molecule has 2 amide bonds. The summed E-state index contributed by atoms with van der Waals surface area (Å²) in [7, 11) is 0. The van der Waals surface area contributed by atoms with Crippen molar-refractivity contribution < 1.29 is 18.4 Å². The molecule has 30 heavy (non-hydrogen) atoms. The van der Waals surface area contributed by atoms with Crippen molar-refractivity contribution in [1.82, 2.24) is 9.80 Å². The standard InChI is InChI=1S/C23H25FN2O3S/c1-3-11-25(23(28)20-5-4-12-29-20)16-22(27)26(15-21-17(2)10-13-30-21)14-18-6-8-19(24)9-7-18/h4-10,12-13H,3,11,14-16H2,1-2H3. The van der Waals surface area contributed by atoms with E-state index in [4.69, 9.17) is 4.42 Å². The third-order valence-electron chi connectivity index (χ3n) is 4.78. The van der Waals surface area contributed by atoms with Gasteiger partial charge in [0.2, 0.25) is 5.91 Å². The minimum absolute atomic E-state index is 0.0427. The SMILES string of the molecule is CCCN(CC(=O)N(Cc1ccc(F)cc1)Cc1sccc1C)C(=O)c1ccco1. The normalized spacial score (nSPS) is 10.8. The molecule has 5 nitrogen and oxygen atoms in total. The van der Waals surface area contributed by atoms with Crippen molar-refractivity contribution in [2.45, 2.75) is 33.4 Å². The fourth-order valence-corrected chi connectivity index (χ4v) is 4.04. The number of nitrogens with zero attached hydrogens (tertiary/aromatic N) is 2. The average molecular weight is 429 g/mol. The molecular weight excluding hydrogens is 403 g/mol. The Morgan fingerprint density at radius 1 is 1.07 bits per heavy atom. The number of carbonyl (C=O) groups excluding carboxylic acids is 2. The summed E-state index contributed by atoms with van der Waals surface area (Å²) >= 11 is 1.59. The number of aryl methyl sites for hydroxylation is 1. The predicted octanol–water partition coefficient (Wildman–Crippen LogP) is 4.87. The minimum Gasteiger partial charge on any atom is -0.459 e. The van der Waals surface area contributed by atoms with Gasteiger partial charge in [-0.3, -0.25) is 9.59 Å². The first kappa shape index (κ1) is 21.8. The molecule has 0 fully saturated rings. The minimum atomic E-state index is -0.316. The van der Waals surface area contributed by atoms with Gasteiger partial charge in [0.15, 0.2) is 5.76 Å². The summed E-state index contributed by atoms with van der Waals surface area (Å²) in [6.45, 7) is 5.15. The highest BCUT2D eigenvalue weighted by Crippen LogP contribution is 2.20. The number of hydrogen-bond acceptors (Lipinski definition) is 4. The maximum absolute atomic E-state index is 13.3. The molecule has 2 aromatic heterocycles. The van der Waals surface area contributed by atoms with Gasteiger partial charge < -0.3 is 14.2 Å². The summed E-state index contributed by atoms with van der Waals surface area (Å²) in [5, 5.41) is 2.00. The van der Waals surface area contributed by atoms with Crippen LogP contribution in [0.2, 0.25) is 0 Å². The fraction of sp³-hybridized carbons (Fsp3) is 0.304. The second kappa shape index (κ2) is 10.2. The van der Waals surface area contributed by atoms with E-state index in [1.807, 2.05) is 25.3 Å². The van der Waals surface area contributed by atoms with Gasteiger partial charge in [-0.05, 0) is 60.2 Å². The molecule has 0 unspecified atom stereocenters. The van der Waals surface area contributed by atoms with Crippen molar-refractivity contribution in [2.24, 2.45) is 0 Å². The van der Waals surface area contributed by atoms with Crippen molar-refractivity contribution in [3.05, 3.63) is 81.7 Å². The van der Waals surface area contributed by atoms with E-state index in [1.165, 1.54) is 23.3 Å². The highest BCUT2D eigenvalue weighted by atomic mass is 32.1. The summed E-state index contributed by atoms with van der Waals surface area (Å²) in [6, 6.07) is 11.4. The summed E-state index contributed by atoms with van der Waals surface area (Å²) < 4.78 is 18.5. The smallest absolute Gasteiger partial charge is 0.290 e. The first-order chi connectivity index (χ1) is 14.5. The number of benzene rings is 1. The molecule has 7 heteroatoms. The van der Waals surface area contributed by atoms with Gasteiger partial charge in [-0.2, -0.15) is 0 Å². The first-order valence-electron chi connectivity index (χ1n) is 9.86. The number of hydrogen-bond donors (Lipinski definition) is 0. The van der Waals surface area contributed by atoms with Crippen LogP contribution in [-0.2, 0) is 17.9 Å². The molecule has 0 atom stereocenters. The van der Waals surface area contributed by atoms with Crippen LogP contribution in [0.25, 0.3) is 0 Å².